The number of hydrogen-bond acceptors (Lipinski definition) is 6. The molecule has 174 valence electrons. The molecule has 2 heterocycles. The van der Waals surface area contributed by atoms with Crippen molar-refractivity contribution in [3.8, 4) is 0 Å². The molecule has 0 saturated carbocycles. The van der Waals surface area contributed by atoms with Crippen LogP contribution in [0.2, 0.25) is 0 Å². The molecule has 0 amide bonds. The summed E-state index contributed by atoms with van der Waals surface area (Å²) < 4.78 is 6.59. The van der Waals surface area contributed by atoms with Gasteiger partial charge in [0.25, 0.3) is 0 Å². The summed E-state index contributed by atoms with van der Waals surface area (Å²) in [7, 11) is 1.78. The Morgan fingerprint density at radius 3 is 2.85 bits per heavy atom. The van der Waals surface area contributed by atoms with E-state index in [-0.39, 0.29) is 5.92 Å². The summed E-state index contributed by atoms with van der Waals surface area (Å²) in [5.74, 6) is 0.208. The molecule has 4 rings (SSSR count). The molecule has 1 saturated heterocycles. The third-order valence-electron chi connectivity index (χ3n) is 6.28. The smallest absolute Gasteiger partial charge is 0.133 e. The Balaban J connectivity index is 1.67. The Morgan fingerprint density at radius 1 is 1.30 bits per heavy atom. The first-order valence-corrected chi connectivity index (χ1v) is 12.1. The van der Waals surface area contributed by atoms with Crippen molar-refractivity contribution in [3.63, 3.8) is 0 Å². The summed E-state index contributed by atoms with van der Waals surface area (Å²) in [4.78, 5) is 7.54. The molecule has 6 nitrogen and oxygen atoms in total. The van der Waals surface area contributed by atoms with Gasteiger partial charge in [0.1, 0.15) is 5.66 Å². The Hall–Kier alpha value is -2.48. The van der Waals surface area contributed by atoms with Crippen LogP contribution in [0.1, 0.15) is 25.0 Å². The fraction of sp³-hybridized carbons (Fsp3) is 0.385. The third-order valence-corrected chi connectivity index (χ3v) is 6.77. The van der Waals surface area contributed by atoms with Crippen LogP contribution in [-0.4, -0.2) is 50.1 Å². The van der Waals surface area contributed by atoms with E-state index in [1.165, 1.54) is 5.56 Å². The van der Waals surface area contributed by atoms with Gasteiger partial charge in [0, 0.05) is 42.8 Å². The van der Waals surface area contributed by atoms with Crippen LogP contribution >= 0.6 is 15.9 Å². The fourth-order valence-electron chi connectivity index (χ4n) is 4.25. The fourth-order valence-corrected chi connectivity index (χ4v) is 4.63. The number of nitrogens with one attached hydrogen (secondary N) is 2. The quantitative estimate of drug-likeness (QED) is 0.443. The number of nitrogens with zero attached hydrogens (tertiary/aromatic N) is 3. The monoisotopic (exact) mass is 509 g/mol. The Labute approximate surface area is 204 Å². The molecule has 0 bridgehead atoms. The zero-order valence-corrected chi connectivity index (χ0v) is 21.2. The molecule has 2 aromatic rings. The van der Waals surface area contributed by atoms with E-state index in [1.807, 2.05) is 6.07 Å². The molecular formula is C26H32BrN5O. The number of rotatable bonds is 7. The van der Waals surface area contributed by atoms with Gasteiger partial charge >= 0.3 is 0 Å². The molecule has 2 aliphatic heterocycles. The minimum absolute atomic E-state index is 0.208. The van der Waals surface area contributed by atoms with Gasteiger partial charge in [0.05, 0.1) is 24.8 Å². The van der Waals surface area contributed by atoms with E-state index in [1.54, 1.807) is 13.3 Å². The van der Waals surface area contributed by atoms with E-state index in [4.69, 9.17) is 9.73 Å². The lowest BCUT2D eigenvalue weighted by atomic mass is 9.91. The maximum Gasteiger partial charge on any atom is 0.133 e. The van der Waals surface area contributed by atoms with E-state index in [0.29, 0.717) is 0 Å². The predicted octanol–water partition coefficient (Wildman–Crippen LogP) is 3.38. The molecule has 0 aromatic heterocycles. The third kappa shape index (κ3) is 5.72. The van der Waals surface area contributed by atoms with Crippen LogP contribution in [0.15, 0.2) is 57.5 Å². The van der Waals surface area contributed by atoms with Crippen molar-refractivity contribution in [2.24, 2.45) is 16.0 Å². The van der Waals surface area contributed by atoms with E-state index >= 15 is 0 Å². The van der Waals surface area contributed by atoms with Crippen LogP contribution in [0.25, 0.3) is 11.6 Å². The van der Waals surface area contributed by atoms with Crippen LogP contribution in [0.5, 0.6) is 0 Å². The molecule has 2 N–H and O–H groups in total. The van der Waals surface area contributed by atoms with Gasteiger partial charge in [-0.2, -0.15) is 5.10 Å². The highest BCUT2D eigenvalue weighted by Crippen LogP contribution is 2.29. The lowest BCUT2D eigenvalue weighted by Crippen LogP contribution is -2.47. The normalized spacial score (nSPS) is 22.8. The largest absolute Gasteiger partial charge is 0.379 e. The maximum atomic E-state index is 5.52. The van der Waals surface area contributed by atoms with Gasteiger partial charge in [0.15, 0.2) is 0 Å². The second-order valence-electron chi connectivity index (χ2n) is 8.86. The predicted molar refractivity (Wildman–Crippen MR) is 140 cm³/mol. The number of allylic oxidation sites excluding steroid dienone is 1. The van der Waals surface area contributed by atoms with Crippen LogP contribution in [0.4, 0.5) is 5.69 Å². The summed E-state index contributed by atoms with van der Waals surface area (Å²) in [6.45, 7) is 12.9. The highest BCUT2D eigenvalue weighted by molar-refractivity contribution is 9.10. The van der Waals surface area contributed by atoms with Gasteiger partial charge in [-0.3, -0.25) is 9.89 Å². The first-order valence-electron chi connectivity index (χ1n) is 11.3. The van der Waals surface area contributed by atoms with Gasteiger partial charge in [-0.15, -0.1) is 0 Å². The van der Waals surface area contributed by atoms with Crippen molar-refractivity contribution in [3.05, 3.63) is 69.2 Å². The van der Waals surface area contributed by atoms with Crippen LogP contribution in [-0.2, 0) is 11.3 Å². The van der Waals surface area contributed by atoms with E-state index < -0.39 is 5.66 Å². The number of hydrazone groups is 1. The number of ether oxygens (including phenoxy) is 1. The summed E-state index contributed by atoms with van der Waals surface area (Å²) in [5, 5.41) is 10.0. The van der Waals surface area contributed by atoms with Crippen LogP contribution < -0.4 is 21.3 Å². The molecular weight excluding hydrogens is 478 g/mol. The number of fused-ring (bicyclic) bond motifs is 1. The Bertz CT molecular complexity index is 1170. The van der Waals surface area contributed by atoms with Crippen LogP contribution in [0, 0.1) is 5.92 Å². The summed E-state index contributed by atoms with van der Waals surface area (Å²) >= 11 is 3.57. The van der Waals surface area contributed by atoms with Crippen molar-refractivity contribution < 1.29 is 4.74 Å². The number of anilines is 1. The summed E-state index contributed by atoms with van der Waals surface area (Å²) in [5.41, 5.74) is 6.50. The van der Waals surface area contributed by atoms with E-state index in [2.05, 4.69) is 93.5 Å². The molecule has 2 aliphatic rings. The van der Waals surface area contributed by atoms with Gasteiger partial charge in [0.2, 0.25) is 0 Å². The zero-order chi connectivity index (χ0) is 23.4. The average Bonchev–Trinajstić information content (AvgIpc) is 2.79. The molecule has 1 fully saturated rings. The summed E-state index contributed by atoms with van der Waals surface area (Å²) in [6.07, 6.45) is 4.05. The zero-order valence-electron chi connectivity index (χ0n) is 19.6. The Morgan fingerprint density at radius 2 is 2.09 bits per heavy atom. The lowest BCUT2D eigenvalue weighted by Gasteiger charge is -2.35. The van der Waals surface area contributed by atoms with Gasteiger partial charge in [-0.25, -0.2) is 0 Å². The van der Waals surface area contributed by atoms with E-state index in [9.17, 15) is 0 Å². The molecule has 7 heteroatoms. The average molecular weight is 510 g/mol. The molecule has 0 radical (unpaired) electrons. The van der Waals surface area contributed by atoms with Crippen molar-refractivity contribution in [2.75, 3.05) is 38.7 Å². The molecule has 0 spiro atoms. The molecule has 33 heavy (non-hydrogen) atoms. The number of hydrogen-bond donors (Lipinski definition) is 2. The SMILES string of the molecule is C=C(/C=N\NC)c1cc(CN2CCOCC2)cc(N[C@]2(C)N=c3ccc(Br)cc3=CC2C)c1. The molecule has 2 atom stereocenters. The lowest BCUT2D eigenvalue weighted by molar-refractivity contribution is 0.0342. The minimum Gasteiger partial charge on any atom is -0.379 e. The molecule has 1 unspecified atom stereocenters. The standard InChI is InChI=1S/C26H32BrN5O/c1-18(16-29-28-4)21-12-20(17-32-7-9-33-10-8-32)13-24(15-21)30-26(3)19(2)11-22-14-23(27)5-6-25(22)31-26/h5-6,11-16,19,28,30H,1,7-10,17H2,2-4H3/b29-16-/t19?,26-/m1/s1. The second kappa shape index (κ2) is 10.2. The topological polar surface area (TPSA) is 61.2 Å². The first kappa shape index (κ1) is 23.7. The maximum absolute atomic E-state index is 5.52. The first-order chi connectivity index (χ1) is 15.9. The number of morpholine rings is 1. The Kier molecular flexibility index (Phi) is 7.32. The van der Waals surface area contributed by atoms with E-state index in [0.717, 1.165) is 64.7 Å². The van der Waals surface area contributed by atoms with Crippen molar-refractivity contribution in [1.29, 1.82) is 0 Å². The van der Waals surface area contributed by atoms with Gasteiger partial charge in [-0.1, -0.05) is 35.5 Å². The highest BCUT2D eigenvalue weighted by atomic mass is 79.9. The second-order valence-corrected chi connectivity index (χ2v) is 9.77. The van der Waals surface area contributed by atoms with Crippen molar-refractivity contribution in [1.82, 2.24) is 10.3 Å². The number of halogens is 1. The summed E-state index contributed by atoms with van der Waals surface area (Å²) in [6, 6.07) is 12.8. The number of benzene rings is 2. The van der Waals surface area contributed by atoms with Crippen molar-refractivity contribution >= 4 is 39.5 Å². The van der Waals surface area contributed by atoms with Gasteiger partial charge < -0.3 is 15.5 Å². The van der Waals surface area contributed by atoms with Crippen LogP contribution in [0.3, 0.4) is 0 Å². The van der Waals surface area contributed by atoms with Crippen molar-refractivity contribution in [2.45, 2.75) is 26.1 Å². The molecule has 2 aromatic carbocycles. The van der Waals surface area contributed by atoms with Gasteiger partial charge in [-0.05, 0) is 65.2 Å². The molecule has 0 aliphatic carbocycles. The minimum atomic E-state index is -0.462. The highest BCUT2D eigenvalue weighted by Gasteiger charge is 2.31.